The molecule has 0 unspecified atom stereocenters. The van der Waals surface area contributed by atoms with Gasteiger partial charge in [0.2, 0.25) is 0 Å². The number of nitrogens with zero attached hydrogens (tertiary/aromatic N) is 3. The molecule has 0 aliphatic carbocycles. The smallest absolute Gasteiger partial charge is 0.169 e. The first kappa shape index (κ1) is 26.0. The molecule has 3 N–H and O–H groups in total. The summed E-state index contributed by atoms with van der Waals surface area (Å²) in [6.45, 7) is 1.87. The highest BCUT2D eigenvalue weighted by atomic mass is 35.5. The number of hydrogen-bond acceptors (Lipinski definition) is 7. The topological polar surface area (TPSA) is 95.9 Å². The molecule has 5 aromatic rings. The second-order valence-electron chi connectivity index (χ2n) is 9.72. The number of piperidine rings is 1. The normalized spacial score (nSPS) is 13.9. The van der Waals surface area contributed by atoms with Gasteiger partial charge in [-0.1, -0.05) is 35.9 Å². The molecule has 0 radical (unpaired) electrons. The van der Waals surface area contributed by atoms with Crippen molar-refractivity contribution in [3.63, 3.8) is 0 Å². The van der Waals surface area contributed by atoms with Crippen molar-refractivity contribution < 1.29 is 14.2 Å². The molecule has 1 aliphatic rings. The number of nitrogens with two attached hydrogens (primary N) is 1. The highest BCUT2D eigenvalue weighted by molar-refractivity contribution is 6.30. The number of ether oxygens (including phenoxy) is 3. The molecule has 1 saturated heterocycles. The molecular weight excluding hydrogens is 526 g/mol. The lowest BCUT2D eigenvalue weighted by Crippen LogP contribution is -2.27. The minimum absolute atomic E-state index is 0.284. The average Bonchev–Trinajstić information content (AvgIpc) is 3.34. The predicted octanol–water partition coefficient (Wildman–Crippen LogP) is 6.58. The lowest BCUT2D eigenvalue weighted by Gasteiger charge is -2.25. The third-order valence-corrected chi connectivity index (χ3v) is 7.59. The molecule has 0 atom stereocenters. The van der Waals surface area contributed by atoms with Gasteiger partial charge in [-0.25, -0.2) is 9.50 Å². The van der Waals surface area contributed by atoms with E-state index in [4.69, 9.17) is 36.6 Å². The molecule has 0 spiro atoms. The first-order valence-electron chi connectivity index (χ1n) is 13.2. The van der Waals surface area contributed by atoms with Crippen LogP contribution in [-0.4, -0.2) is 41.9 Å². The quantitative estimate of drug-likeness (QED) is 0.234. The second-order valence-corrected chi connectivity index (χ2v) is 10.2. The Morgan fingerprint density at radius 2 is 1.70 bits per heavy atom. The van der Waals surface area contributed by atoms with Gasteiger partial charge in [-0.05, 0) is 85.4 Å². The molecule has 3 aromatic carbocycles. The van der Waals surface area contributed by atoms with Crippen molar-refractivity contribution in [1.29, 1.82) is 0 Å². The number of nitrogens with one attached hydrogen (secondary N) is 1. The molecule has 0 bridgehead atoms. The van der Waals surface area contributed by atoms with Crippen LogP contribution < -0.4 is 25.3 Å². The summed E-state index contributed by atoms with van der Waals surface area (Å²) in [6.07, 6.45) is 3.48. The predicted molar refractivity (Wildman–Crippen MR) is 158 cm³/mol. The lowest BCUT2D eigenvalue weighted by molar-refractivity contribution is 0.379. The van der Waals surface area contributed by atoms with Crippen LogP contribution in [0.5, 0.6) is 23.0 Å². The van der Waals surface area contributed by atoms with Crippen molar-refractivity contribution in [3.05, 3.63) is 83.6 Å². The Hall–Kier alpha value is -4.27. The maximum Gasteiger partial charge on any atom is 0.169 e. The van der Waals surface area contributed by atoms with Crippen LogP contribution in [0.25, 0.3) is 27.9 Å². The molecule has 6 rings (SSSR count). The van der Waals surface area contributed by atoms with Crippen LogP contribution in [0.1, 0.15) is 24.3 Å². The van der Waals surface area contributed by atoms with Crippen LogP contribution in [-0.2, 0) is 0 Å². The Balaban J connectivity index is 1.59. The highest BCUT2D eigenvalue weighted by Gasteiger charge is 2.30. The maximum absolute atomic E-state index is 6.58. The van der Waals surface area contributed by atoms with E-state index in [1.54, 1.807) is 20.3 Å². The zero-order valence-corrected chi connectivity index (χ0v) is 23.1. The summed E-state index contributed by atoms with van der Waals surface area (Å²) >= 11 is 6.17. The van der Waals surface area contributed by atoms with Gasteiger partial charge in [-0.2, -0.15) is 5.10 Å². The molecule has 40 heavy (non-hydrogen) atoms. The first-order chi connectivity index (χ1) is 19.6. The van der Waals surface area contributed by atoms with Crippen molar-refractivity contribution >= 4 is 22.9 Å². The van der Waals surface area contributed by atoms with Gasteiger partial charge in [-0.3, -0.25) is 0 Å². The summed E-state index contributed by atoms with van der Waals surface area (Å²) in [6, 6.07) is 21.3. The van der Waals surface area contributed by atoms with Crippen molar-refractivity contribution in [1.82, 2.24) is 19.9 Å². The molecule has 9 heteroatoms. The average molecular weight is 556 g/mol. The molecule has 2 aromatic heterocycles. The Bertz CT molecular complexity index is 1680. The van der Waals surface area contributed by atoms with Crippen molar-refractivity contribution in [3.8, 4) is 45.4 Å². The fraction of sp³-hybridized carbons (Fsp3) is 0.226. The summed E-state index contributed by atoms with van der Waals surface area (Å²) in [4.78, 5) is 4.39. The van der Waals surface area contributed by atoms with Crippen LogP contribution in [0.2, 0.25) is 5.02 Å². The number of aromatic nitrogens is 3. The maximum atomic E-state index is 6.58. The van der Waals surface area contributed by atoms with Gasteiger partial charge in [0.25, 0.3) is 0 Å². The largest absolute Gasteiger partial charge is 0.497 e. The standard InChI is InChI=1S/C31H30ClN5O3/c1-38-23-7-3-5-21(15-23)29-27(19-11-13-34-14-12-19)28(30-31(33)35-18-36-37(29)30)20-9-10-25(26(16-20)39-2)40-24-8-4-6-22(32)17-24/h3-10,15-19,34H,11-14H2,1-2H3,(H2,33,35,36). The summed E-state index contributed by atoms with van der Waals surface area (Å²) in [5, 5.41) is 8.79. The number of halogens is 1. The molecule has 0 saturated carbocycles. The number of anilines is 1. The van der Waals surface area contributed by atoms with Crippen LogP contribution >= 0.6 is 11.6 Å². The number of hydrogen-bond donors (Lipinski definition) is 2. The Labute approximate surface area is 237 Å². The summed E-state index contributed by atoms with van der Waals surface area (Å²) in [5.41, 5.74) is 12.5. The van der Waals surface area contributed by atoms with Gasteiger partial charge >= 0.3 is 0 Å². The van der Waals surface area contributed by atoms with E-state index in [1.165, 1.54) is 11.9 Å². The molecule has 3 heterocycles. The SMILES string of the molecule is COc1cccc(-c2c(C3CCNCC3)c(-c3ccc(Oc4cccc(Cl)c4)c(OC)c3)c3c(N)ncnn23)c1. The van der Waals surface area contributed by atoms with Gasteiger partial charge < -0.3 is 25.3 Å². The van der Waals surface area contributed by atoms with Crippen LogP contribution in [0.3, 0.4) is 0 Å². The number of fused-ring (bicyclic) bond motifs is 1. The molecule has 1 fully saturated rings. The Morgan fingerprint density at radius 1 is 0.900 bits per heavy atom. The van der Waals surface area contributed by atoms with E-state index in [1.807, 2.05) is 59.1 Å². The van der Waals surface area contributed by atoms with Gasteiger partial charge in [0, 0.05) is 16.1 Å². The molecule has 204 valence electrons. The van der Waals surface area contributed by atoms with E-state index in [-0.39, 0.29) is 5.92 Å². The van der Waals surface area contributed by atoms with Crippen molar-refractivity contribution in [2.45, 2.75) is 18.8 Å². The van der Waals surface area contributed by atoms with E-state index < -0.39 is 0 Å². The van der Waals surface area contributed by atoms with Crippen molar-refractivity contribution in [2.24, 2.45) is 0 Å². The van der Waals surface area contributed by atoms with Crippen LogP contribution in [0.15, 0.2) is 73.1 Å². The van der Waals surface area contributed by atoms with E-state index in [2.05, 4.69) is 16.4 Å². The molecular formula is C31H30ClN5O3. The number of methoxy groups -OCH3 is 2. The zero-order valence-electron chi connectivity index (χ0n) is 22.4. The van der Waals surface area contributed by atoms with Gasteiger partial charge in [-0.15, -0.1) is 0 Å². The third-order valence-electron chi connectivity index (χ3n) is 7.36. The van der Waals surface area contributed by atoms with Crippen molar-refractivity contribution in [2.75, 3.05) is 33.0 Å². The fourth-order valence-electron chi connectivity index (χ4n) is 5.54. The Kier molecular flexibility index (Phi) is 7.19. The van der Waals surface area contributed by atoms with Gasteiger partial charge in [0.1, 0.15) is 23.3 Å². The molecule has 8 nitrogen and oxygen atoms in total. The Morgan fingerprint density at radius 3 is 2.48 bits per heavy atom. The monoisotopic (exact) mass is 555 g/mol. The van der Waals surface area contributed by atoms with E-state index in [0.717, 1.165) is 59.6 Å². The van der Waals surface area contributed by atoms with Crippen LogP contribution in [0.4, 0.5) is 5.82 Å². The van der Waals surface area contributed by atoms with Crippen LogP contribution in [0, 0.1) is 0 Å². The number of nitrogen functional groups attached to an aromatic ring is 1. The minimum atomic E-state index is 0.284. The number of rotatable bonds is 7. The van der Waals surface area contributed by atoms with E-state index >= 15 is 0 Å². The third kappa shape index (κ3) is 4.80. The first-order valence-corrected chi connectivity index (χ1v) is 13.6. The number of benzene rings is 3. The molecule has 1 aliphatic heterocycles. The summed E-state index contributed by atoms with van der Waals surface area (Å²) in [5.74, 6) is 3.27. The van der Waals surface area contributed by atoms with Gasteiger partial charge in [0.15, 0.2) is 17.3 Å². The highest BCUT2D eigenvalue weighted by Crippen LogP contribution is 2.47. The molecule has 0 amide bonds. The van der Waals surface area contributed by atoms with E-state index in [0.29, 0.717) is 28.1 Å². The zero-order chi connectivity index (χ0) is 27.6. The lowest BCUT2D eigenvalue weighted by atomic mass is 9.84. The van der Waals surface area contributed by atoms with E-state index in [9.17, 15) is 0 Å². The summed E-state index contributed by atoms with van der Waals surface area (Å²) < 4.78 is 19.4. The fourth-order valence-corrected chi connectivity index (χ4v) is 5.72. The van der Waals surface area contributed by atoms with Gasteiger partial charge in [0.05, 0.1) is 19.9 Å². The second kappa shape index (κ2) is 11.1. The minimum Gasteiger partial charge on any atom is -0.497 e. The summed E-state index contributed by atoms with van der Waals surface area (Å²) in [7, 11) is 3.31.